The summed E-state index contributed by atoms with van der Waals surface area (Å²) in [5, 5.41) is 10.4. The van der Waals surface area contributed by atoms with Crippen molar-refractivity contribution in [3.05, 3.63) is 145 Å². The Morgan fingerprint density at radius 2 is 1.13 bits per heavy atom. The molecule has 2 heteroatoms. The molecule has 214 valence electrons. The van der Waals surface area contributed by atoms with Crippen molar-refractivity contribution < 1.29 is 0 Å². The molecule has 0 unspecified atom stereocenters. The lowest BCUT2D eigenvalue weighted by Gasteiger charge is -2.22. The molecule has 9 rings (SSSR count). The maximum Gasteiger partial charge on any atom is 0.0702 e. The summed E-state index contributed by atoms with van der Waals surface area (Å²) >= 11 is 0. The van der Waals surface area contributed by atoms with E-state index in [0.717, 1.165) is 16.9 Å². The number of rotatable bonds is 3. The largest absolute Gasteiger partial charge is 0.309 e. The van der Waals surface area contributed by atoms with Gasteiger partial charge in [0.05, 0.1) is 16.7 Å². The summed E-state index contributed by atoms with van der Waals surface area (Å²) in [7, 11) is 0. The van der Waals surface area contributed by atoms with E-state index < -0.39 is 0 Å². The van der Waals surface area contributed by atoms with Crippen molar-refractivity contribution in [1.82, 2.24) is 9.55 Å². The highest BCUT2D eigenvalue weighted by atomic mass is 15.0. The van der Waals surface area contributed by atoms with E-state index >= 15 is 0 Å². The second kappa shape index (κ2) is 9.51. The molecular weight excluding hydrogens is 544 g/mol. The first-order valence-electron chi connectivity index (χ1n) is 15.7. The molecule has 0 spiro atoms. The highest BCUT2D eigenvalue weighted by Crippen LogP contribution is 2.43. The molecule has 2 aromatic heterocycles. The van der Waals surface area contributed by atoms with E-state index in [1.165, 1.54) is 70.8 Å². The molecule has 2 nitrogen and oxygen atoms in total. The van der Waals surface area contributed by atoms with Crippen LogP contribution < -0.4 is 0 Å². The van der Waals surface area contributed by atoms with Crippen LogP contribution in [0, 0.1) is 0 Å². The molecule has 2 heterocycles. The Morgan fingerprint density at radius 1 is 0.511 bits per heavy atom. The minimum Gasteiger partial charge on any atom is -0.309 e. The fraction of sp³-hybridized carbons (Fsp3) is 0.0930. The normalized spacial score (nSPS) is 12.3. The molecule has 0 radical (unpaired) electrons. The summed E-state index contributed by atoms with van der Waals surface area (Å²) < 4.78 is 2.41. The van der Waals surface area contributed by atoms with Gasteiger partial charge in [0, 0.05) is 28.2 Å². The maximum absolute atomic E-state index is 4.64. The van der Waals surface area contributed by atoms with E-state index in [2.05, 4.69) is 152 Å². The van der Waals surface area contributed by atoms with Crippen molar-refractivity contribution in [2.24, 2.45) is 0 Å². The molecule has 9 aromatic rings. The van der Waals surface area contributed by atoms with Crippen molar-refractivity contribution in [2.75, 3.05) is 0 Å². The molecule has 0 N–H and O–H groups in total. The number of para-hydroxylation sites is 1. The molecule has 0 saturated carbocycles. The molecule has 0 bridgehead atoms. The first-order chi connectivity index (χ1) is 21.9. The average molecular weight is 577 g/mol. The van der Waals surface area contributed by atoms with Crippen LogP contribution in [-0.2, 0) is 5.41 Å². The van der Waals surface area contributed by atoms with E-state index in [4.69, 9.17) is 0 Å². The summed E-state index contributed by atoms with van der Waals surface area (Å²) in [6, 6.07) is 49.1. The van der Waals surface area contributed by atoms with Gasteiger partial charge in [-0.1, -0.05) is 118 Å². The summed E-state index contributed by atoms with van der Waals surface area (Å²) in [4.78, 5) is 4.64. The lowest BCUT2D eigenvalue weighted by molar-refractivity contribution is 0.591. The average Bonchev–Trinajstić information content (AvgIpc) is 3.40. The van der Waals surface area contributed by atoms with Gasteiger partial charge >= 0.3 is 0 Å². The molecule has 0 atom stereocenters. The topological polar surface area (TPSA) is 17.8 Å². The second-order valence-electron chi connectivity index (χ2n) is 13.3. The third kappa shape index (κ3) is 3.99. The number of pyridine rings is 1. The Balaban J connectivity index is 1.31. The first kappa shape index (κ1) is 26.0. The number of nitrogens with zero attached hydrogens (tertiary/aromatic N) is 2. The van der Waals surface area contributed by atoms with Crippen molar-refractivity contribution in [3.8, 4) is 28.1 Å². The third-order valence-electron chi connectivity index (χ3n) is 9.52. The van der Waals surface area contributed by atoms with Crippen molar-refractivity contribution in [3.63, 3.8) is 0 Å². The summed E-state index contributed by atoms with van der Waals surface area (Å²) in [6.07, 6.45) is 1.86. The van der Waals surface area contributed by atoms with Crippen LogP contribution in [0.25, 0.3) is 82.2 Å². The minimum absolute atomic E-state index is 0.0978. The van der Waals surface area contributed by atoms with Crippen LogP contribution >= 0.6 is 0 Å². The highest BCUT2D eigenvalue weighted by molar-refractivity contribution is 6.26. The smallest absolute Gasteiger partial charge is 0.0702 e. The fourth-order valence-electron chi connectivity index (χ4n) is 7.24. The van der Waals surface area contributed by atoms with Crippen LogP contribution in [0.5, 0.6) is 0 Å². The van der Waals surface area contributed by atoms with Crippen LogP contribution in [0.3, 0.4) is 0 Å². The maximum atomic E-state index is 4.64. The number of hydrogen-bond acceptors (Lipinski definition) is 1. The molecule has 0 saturated heterocycles. The molecule has 0 aliphatic carbocycles. The molecular formula is C43H32N2. The third-order valence-corrected chi connectivity index (χ3v) is 9.52. The molecule has 7 aromatic carbocycles. The molecule has 0 aliphatic heterocycles. The molecule has 0 fully saturated rings. The summed E-state index contributed by atoms with van der Waals surface area (Å²) in [5.41, 5.74) is 9.59. The van der Waals surface area contributed by atoms with Crippen LogP contribution in [-0.4, -0.2) is 9.55 Å². The minimum atomic E-state index is 0.0978. The monoisotopic (exact) mass is 576 g/mol. The predicted molar refractivity (Wildman–Crippen MR) is 192 cm³/mol. The fourth-order valence-corrected chi connectivity index (χ4v) is 7.24. The van der Waals surface area contributed by atoms with E-state index in [9.17, 15) is 0 Å². The predicted octanol–water partition coefficient (Wildman–Crippen LogP) is 11.7. The van der Waals surface area contributed by atoms with E-state index in [-0.39, 0.29) is 5.41 Å². The SMILES string of the molecule is CC(C)(C)c1cc2ccc3ccc(-c4ccc5c6ccc(-c7ccccn7)cc6n(-c6ccccc6)c5c4)c4ccc(c1)c2c34. The van der Waals surface area contributed by atoms with Gasteiger partial charge in [-0.3, -0.25) is 4.98 Å². The Morgan fingerprint density at radius 3 is 1.84 bits per heavy atom. The van der Waals surface area contributed by atoms with Gasteiger partial charge in [0.15, 0.2) is 0 Å². The van der Waals surface area contributed by atoms with Crippen LogP contribution in [0.15, 0.2) is 140 Å². The lowest BCUT2D eigenvalue weighted by Crippen LogP contribution is -2.10. The van der Waals surface area contributed by atoms with Crippen molar-refractivity contribution in [1.29, 1.82) is 0 Å². The van der Waals surface area contributed by atoms with Crippen molar-refractivity contribution >= 4 is 54.1 Å². The van der Waals surface area contributed by atoms with Crippen LogP contribution in [0.1, 0.15) is 26.3 Å². The van der Waals surface area contributed by atoms with Gasteiger partial charge in [0.2, 0.25) is 0 Å². The van der Waals surface area contributed by atoms with Crippen molar-refractivity contribution in [2.45, 2.75) is 26.2 Å². The van der Waals surface area contributed by atoms with Gasteiger partial charge in [-0.15, -0.1) is 0 Å². The molecule has 0 aliphatic rings. The Bertz CT molecular complexity index is 2530. The van der Waals surface area contributed by atoms with Gasteiger partial charge in [-0.05, 0) is 90.8 Å². The second-order valence-corrected chi connectivity index (χ2v) is 13.3. The Hall–Kier alpha value is -5.47. The van der Waals surface area contributed by atoms with Gasteiger partial charge in [-0.25, -0.2) is 0 Å². The van der Waals surface area contributed by atoms with E-state index in [1.807, 2.05) is 18.3 Å². The Labute approximate surface area is 262 Å². The van der Waals surface area contributed by atoms with Gasteiger partial charge in [0.1, 0.15) is 0 Å². The van der Waals surface area contributed by atoms with Crippen LogP contribution in [0.2, 0.25) is 0 Å². The highest BCUT2D eigenvalue weighted by Gasteiger charge is 2.19. The molecule has 0 amide bonds. The summed E-state index contributed by atoms with van der Waals surface area (Å²) in [5.74, 6) is 0. The zero-order valence-electron chi connectivity index (χ0n) is 25.7. The Kier molecular flexibility index (Phi) is 5.49. The van der Waals surface area contributed by atoms with Gasteiger partial charge < -0.3 is 4.57 Å². The number of hydrogen-bond donors (Lipinski definition) is 0. The zero-order valence-corrected chi connectivity index (χ0v) is 25.7. The zero-order chi connectivity index (χ0) is 30.3. The van der Waals surface area contributed by atoms with E-state index in [1.54, 1.807) is 0 Å². The quantitative estimate of drug-likeness (QED) is 0.191. The number of aromatic nitrogens is 2. The van der Waals surface area contributed by atoms with Crippen LogP contribution in [0.4, 0.5) is 0 Å². The van der Waals surface area contributed by atoms with Gasteiger partial charge in [-0.2, -0.15) is 0 Å². The molecule has 45 heavy (non-hydrogen) atoms. The number of fused-ring (bicyclic) bond motifs is 3. The summed E-state index contributed by atoms with van der Waals surface area (Å²) in [6.45, 7) is 6.88. The van der Waals surface area contributed by atoms with Gasteiger partial charge in [0.25, 0.3) is 0 Å². The standard InChI is InChI=1S/C43H32N2/c1-43(2,3)32-23-30-13-12-27-14-18-34(37-21-17-31(24-32)41(30)42(27)37)28-15-19-35-36-20-16-29(38-11-7-8-22-44-38)26-40(36)45(39(35)25-28)33-9-5-4-6-10-33/h4-26H,1-3H3. The lowest BCUT2D eigenvalue weighted by atomic mass is 9.83. The number of benzene rings is 7. The van der Waals surface area contributed by atoms with E-state index in [0.29, 0.717) is 0 Å². The first-order valence-corrected chi connectivity index (χ1v) is 15.7.